The van der Waals surface area contributed by atoms with Gasteiger partial charge in [0.15, 0.2) is 5.82 Å². The number of hydrogen-bond donors (Lipinski definition) is 1. The summed E-state index contributed by atoms with van der Waals surface area (Å²) in [6.45, 7) is 0. The number of halogens is 1. The van der Waals surface area contributed by atoms with Crippen molar-refractivity contribution < 1.29 is 9.50 Å². The number of fused-ring (bicyclic) bond motifs is 2. The first-order valence-corrected chi connectivity index (χ1v) is 9.84. The fraction of sp³-hybridized carbons (Fsp3) is 0.333. The predicted octanol–water partition coefficient (Wildman–Crippen LogP) is 2.22. The van der Waals surface area contributed by atoms with Crippen LogP contribution in [0, 0.1) is 0 Å². The van der Waals surface area contributed by atoms with E-state index in [2.05, 4.69) is 31.5 Å². The molecule has 4 atom stereocenters. The summed E-state index contributed by atoms with van der Waals surface area (Å²) in [6.07, 6.45) is 7.02. The van der Waals surface area contributed by atoms with Crippen LogP contribution >= 0.6 is 0 Å². The lowest BCUT2D eigenvalue weighted by Gasteiger charge is -2.43. The van der Waals surface area contributed by atoms with E-state index in [1.165, 1.54) is 0 Å². The second-order valence-corrected chi connectivity index (χ2v) is 7.79. The van der Waals surface area contributed by atoms with Crippen molar-refractivity contribution in [1.82, 2.24) is 30.1 Å². The molecule has 154 valence electrons. The number of phenolic OH excluding ortho intramolecular Hbond substituents is 1. The SMILES string of the molecule is CN(c1ccc(-c2ccc(-n3ccnn3)cc2O)nn1)[C@H]1C[C@@H]2C=C[C@H]([C@@H]1F)N2C. The van der Waals surface area contributed by atoms with Gasteiger partial charge < -0.3 is 10.0 Å². The van der Waals surface area contributed by atoms with Gasteiger partial charge in [-0.3, -0.25) is 4.90 Å². The highest BCUT2D eigenvalue weighted by Gasteiger charge is 2.44. The number of hydrogen-bond acceptors (Lipinski definition) is 7. The monoisotopic (exact) mass is 407 g/mol. The maximum absolute atomic E-state index is 15.1. The number of aromatic hydroxyl groups is 1. The Morgan fingerprint density at radius 3 is 2.73 bits per heavy atom. The number of piperidine rings is 1. The van der Waals surface area contributed by atoms with Crippen molar-refractivity contribution in [3.63, 3.8) is 0 Å². The molecule has 2 aliphatic rings. The highest BCUT2D eigenvalue weighted by atomic mass is 19.1. The Kier molecular flexibility index (Phi) is 4.47. The van der Waals surface area contributed by atoms with Crippen molar-refractivity contribution in [3.05, 3.63) is 54.9 Å². The fourth-order valence-corrected chi connectivity index (χ4v) is 4.34. The lowest BCUT2D eigenvalue weighted by Crippen LogP contribution is -2.56. The van der Waals surface area contributed by atoms with Crippen LogP contribution in [-0.4, -0.2) is 73.6 Å². The third-order valence-electron chi connectivity index (χ3n) is 6.15. The summed E-state index contributed by atoms with van der Waals surface area (Å²) in [6, 6.07) is 8.58. The molecule has 2 bridgehead atoms. The number of nitrogens with zero attached hydrogens (tertiary/aromatic N) is 7. The van der Waals surface area contributed by atoms with Crippen LogP contribution in [-0.2, 0) is 0 Å². The van der Waals surface area contributed by atoms with E-state index in [0.717, 1.165) is 0 Å². The van der Waals surface area contributed by atoms with E-state index >= 15 is 4.39 Å². The molecule has 5 rings (SSSR count). The number of benzene rings is 1. The number of phenols is 1. The maximum atomic E-state index is 15.1. The van der Waals surface area contributed by atoms with Crippen LogP contribution in [0.4, 0.5) is 10.2 Å². The minimum absolute atomic E-state index is 0.0696. The molecule has 8 nitrogen and oxygen atoms in total. The summed E-state index contributed by atoms with van der Waals surface area (Å²) < 4.78 is 16.6. The van der Waals surface area contributed by atoms with Gasteiger partial charge in [0, 0.05) is 24.7 Å². The van der Waals surface area contributed by atoms with Gasteiger partial charge in [-0.25, -0.2) is 9.07 Å². The number of aromatic nitrogens is 5. The van der Waals surface area contributed by atoms with Gasteiger partial charge >= 0.3 is 0 Å². The number of likely N-dealkylation sites (N-methyl/N-ethyl adjacent to an activating group) is 1. The molecule has 3 aromatic rings. The first-order chi connectivity index (χ1) is 14.5. The highest BCUT2D eigenvalue weighted by Crippen LogP contribution is 2.35. The molecule has 30 heavy (non-hydrogen) atoms. The van der Waals surface area contributed by atoms with Crippen LogP contribution in [0.1, 0.15) is 6.42 Å². The Morgan fingerprint density at radius 1 is 1.17 bits per heavy atom. The topological polar surface area (TPSA) is 83.2 Å². The van der Waals surface area contributed by atoms with Crippen LogP contribution < -0.4 is 4.90 Å². The molecular weight excluding hydrogens is 385 g/mol. The minimum atomic E-state index is -0.996. The van der Waals surface area contributed by atoms with Crippen LogP contribution in [0.5, 0.6) is 5.75 Å². The van der Waals surface area contributed by atoms with Crippen LogP contribution in [0.15, 0.2) is 54.9 Å². The van der Waals surface area contributed by atoms with Crippen LogP contribution in [0.3, 0.4) is 0 Å². The van der Waals surface area contributed by atoms with Gasteiger partial charge in [0.05, 0.1) is 35.9 Å². The molecule has 2 aromatic heterocycles. The lowest BCUT2D eigenvalue weighted by atomic mass is 9.94. The van der Waals surface area contributed by atoms with Crippen molar-refractivity contribution in [2.24, 2.45) is 0 Å². The van der Waals surface area contributed by atoms with Crippen molar-refractivity contribution in [2.75, 3.05) is 19.0 Å². The molecule has 1 aromatic carbocycles. The van der Waals surface area contributed by atoms with Gasteiger partial charge in [-0.05, 0) is 37.7 Å². The summed E-state index contributed by atoms with van der Waals surface area (Å²) in [5.74, 6) is 0.675. The fourth-order valence-electron chi connectivity index (χ4n) is 4.34. The van der Waals surface area contributed by atoms with E-state index in [4.69, 9.17) is 0 Å². The van der Waals surface area contributed by atoms with Gasteiger partial charge in [0.2, 0.25) is 0 Å². The Hall–Kier alpha value is -3.33. The minimum Gasteiger partial charge on any atom is -0.507 e. The molecule has 0 spiro atoms. The number of alkyl halides is 1. The van der Waals surface area contributed by atoms with Gasteiger partial charge in [-0.2, -0.15) is 0 Å². The second-order valence-electron chi connectivity index (χ2n) is 7.79. The summed E-state index contributed by atoms with van der Waals surface area (Å²) in [7, 11) is 3.82. The van der Waals surface area contributed by atoms with Crippen molar-refractivity contribution in [2.45, 2.75) is 30.7 Å². The van der Waals surface area contributed by atoms with E-state index in [0.29, 0.717) is 29.2 Å². The zero-order valence-electron chi connectivity index (χ0n) is 16.7. The molecule has 1 saturated heterocycles. The largest absolute Gasteiger partial charge is 0.507 e. The summed E-state index contributed by atoms with van der Waals surface area (Å²) in [4.78, 5) is 3.95. The Balaban J connectivity index is 1.36. The average Bonchev–Trinajstić information content (AvgIpc) is 3.37. The summed E-state index contributed by atoms with van der Waals surface area (Å²) in [5, 5.41) is 26.7. The zero-order chi connectivity index (χ0) is 20.8. The van der Waals surface area contributed by atoms with Crippen LogP contribution in [0.2, 0.25) is 0 Å². The molecular formula is C21H22FN7O. The smallest absolute Gasteiger partial charge is 0.151 e. The third-order valence-corrected chi connectivity index (χ3v) is 6.15. The number of rotatable bonds is 4. The molecule has 0 aliphatic carbocycles. The molecule has 1 N–H and O–H groups in total. The first kappa shape index (κ1) is 18.7. The van der Waals surface area contributed by atoms with Gasteiger partial charge in [0.1, 0.15) is 11.9 Å². The first-order valence-electron chi connectivity index (χ1n) is 9.84. The predicted molar refractivity (Wildman–Crippen MR) is 110 cm³/mol. The highest BCUT2D eigenvalue weighted by molar-refractivity contribution is 5.69. The molecule has 0 saturated carbocycles. The maximum Gasteiger partial charge on any atom is 0.151 e. The van der Waals surface area contributed by atoms with Crippen LogP contribution in [0.25, 0.3) is 16.9 Å². The normalized spacial score (nSPS) is 25.6. The molecule has 1 fully saturated rings. The lowest BCUT2D eigenvalue weighted by molar-refractivity contribution is 0.0825. The Bertz CT molecular complexity index is 1070. The Morgan fingerprint density at radius 2 is 2.03 bits per heavy atom. The van der Waals surface area contributed by atoms with E-state index in [-0.39, 0.29) is 23.9 Å². The average molecular weight is 407 g/mol. The van der Waals surface area contributed by atoms with Crippen molar-refractivity contribution in [3.8, 4) is 22.7 Å². The molecule has 0 radical (unpaired) electrons. The summed E-state index contributed by atoms with van der Waals surface area (Å²) in [5.41, 5.74) is 1.79. The zero-order valence-corrected chi connectivity index (χ0v) is 16.7. The molecule has 0 unspecified atom stereocenters. The summed E-state index contributed by atoms with van der Waals surface area (Å²) >= 11 is 0. The third kappa shape index (κ3) is 3.02. The van der Waals surface area contributed by atoms with E-state index in [1.54, 1.807) is 35.3 Å². The molecule has 0 amide bonds. The Labute approximate surface area is 173 Å². The molecule has 2 aliphatic heterocycles. The van der Waals surface area contributed by atoms with Gasteiger partial charge in [-0.15, -0.1) is 15.3 Å². The van der Waals surface area contributed by atoms with Gasteiger partial charge in [0.25, 0.3) is 0 Å². The standard InChI is InChI=1S/C21H22FN7O/c1-27-13-4-7-17(27)21(22)18(11-13)28(2)20-8-6-16(24-25-20)15-5-3-14(12-19(15)30)29-10-9-23-26-29/h3-10,12-13,17-18,21,30H,11H2,1-2H3/t13-,17+,18-,21-/m0/s1. The van der Waals surface area contributed by atoms with E-state index in [9.17, 15) is 5.11 Å². The van der Waals surface area contributed by atoms with Crippen molar-refractivity contribution in [1.29, 1.82) is 0 Å². The van der Waals surface area contributed by atoms with Crippen molar-refractivity contribution >= 4 is 5.82 Å². The van der Waals surface area contributed by atoms with E-state index in [1.807, 2.05) is 37.2 Å². The second kappa shape index (κ2) is 7.17. The van der Waals surface area contributed by atoms with Gasteiger partial charge in [-0.1, -0.05) is 17.4 Å². The number of anilines is 1. The quantitative estimate of drug-likeness (QED) is 0.664. The van der Waals surface area contributed by atoms with E-state index < -0.39 is 6.17 Å². The molecule has 9 heteroatoms. The molecule has 4 heterocycles.